The lowest BCUT2D eigenvalue weighted by Crippen LogP contribution is -2.49. The van der Waals surface area contributed by atoms with Crippen LogP contribution in [0.3, 0.4) is 0 Å². The largest absolute Gasteiger partial charge is 0.399 e. The summed E-state index contributed by atoms with van der Waals surface area (Å²) in [6.45, 7) is 0.573. The van der Waals surface area contributed by atoms with Gasteiger partial charge in [-0.25, -0.2) is 0 Å². The molecule has 0 radical (unpaired) electrons. The van der Waals surface area contributed by atoms with Gasteiger partial charge in [-0.05, 0) is 43.0 Å². The first-order valence-corrected chi connectivity index (χ1v) is 6.50. The minimum atomic E-state index is -0.138. The maximum atomic E-state index is 11.7. The van der Waals surface area contributed by atoms with E-state index in [1.54, 1.807) is 13.2 Å². The molecule has 0 unspecified atom stereocenters. The Hall–Kier alpha value is -1.81. The van der Waals surface area contributed by atoms with Crippen molar-refractivity contribution in [1.29, 1.82) is 0 Å². The highest BCUT2D eigenvalue weighted by molar-refractivity contribution is 5.91. The number of ether oxygens (including phenoxy) is 1. The van der Waals surface area contributed by atoms with Crippen molar-refractivity contribution in [2.75, 3.05) is 19.4 Å². The van der Waals surface area contributed by atoms with Crippen LogP contribution in [0.2, 0.25) is 0 Å². The Morgan fingerprint density at radius 2 is 2.32 bits per heavy atom. The maximum absolute atomic E-state index is 11.7. The van der Waals surface area contributed by atoms with Crippen molar-refractivity contribution < 1.29 is 9.53 Å². The van der Waals surface area contributed by atoms with Gasteiger partial charge in [0.05, 0.1) is 5.60 Å². The van der Waals surface area contributed by atoms with Gasteiger partial charge in [0.2, 0.25) is 5.91 Å². The van der Waals surface area contributed by atoms with E-state index in [1.807, 2.05) is 24.3 Å². The van der Waals surface area contributed by atoms with Gasteiger partial charge >= 0.3 is 0 Å². The van der Waals surface area contributed by atoms with E-state index < -0.39 is 0 Å². The molecule has 102 valence electrons. The number of anilines is 1. The van der Waals surface area contributed by atoms with Crippen LogP contribution >= 0.6 is 0 Å². The van der Waals surface area contributed by atoms with Gasteiger partial charge in [-0.3, -0.25) is 4.79 Å². The predicted octanol–water partition coefficient (Wildman–Crippen LogP) is 1.97. The zero-order valence-electron chi connectivity index (χ0n) is 11.2. The number of rotatable bonds is 5. The third kappa shape index (κ3) is 3.58. The summed E-state index contributed by atoms with van der Waals surface area (Å²) in [4.78, 5) is 11.7. The van der Waals surface area contributed by atoms with E-state index in [2.05, 4.69) is 5.32 Å². The summed E-state index contributed by atoms with van der Waals surface area (Å²) in [7, 11) is 1.70. The third-order valence-corrected chi connectivity index (χ3v) is 3.62. The Bertz CT molecular complexity index is 473. The topological polar surface area (TPSA) is 64.3 Å². The van der Waals surface area contributed by atoms with Crippen molar-refractivity contribution in [3.8, 4) is 0 Å². The molecule has 4 nitrogen and oxygen atoms in total. The van der Waals surface area contributed by atoms with Gasteiger partial charge < -0.3 is 15.8 Å². The Morgan fingerprint density at radius 3 is 2.89 bits per heavy atom. The van der Waals surface area contributed by atoms with Gasteiger partial charge in [-0.2, -0.15) is 0 Å². The van der Waals surface area contributed by atoms with Crippen LogP contribution in [0, 0.1) is 0 Å². The quantitative estimate of drug-likeness (QED) is 0.628. The molecule has 1 aromatic rings. The van der Waals surface area contributed by atoms with E-state index >= 15 is 0 Å². The normalized spacial score (nSPS) is 17.1. The van der Waals surface area contributed by atoms with E-state index in [0.717, 1.165) is 18.4 Å². The van der Waals surface area contributed by atoms with E-state index in [0.29, 0.717) is 12.2 Å². The monoisotopic (exact) mass is 260 g/mol. The van der Waals surface area contributed by atoms with Crippen LogP contribution in [-0.2, 0) is 9.53 Å². The van der Waals surface area contributed by atoms with Crippen LogP contribution in [0.15, 0.2) is 30.3 Å². The highest BCUT2D eigenvalue weighted by Crippen LogP contribution is 2.34. The molecular weight excluding hydrogens is 240 g/mol. The lowest BCUT2D eigenvalue weighted by atomic mass is 9.80. The second kappa shape index (κ2) is 5.89. The fourth-order valence-electron chi connectivity index (χ4n) is 2.17. The number of hydrogen-bond donors (Lipinski definition) is 2. The van der Waals surface area contributed by atoms with Crippen molar-refractivity contribution in [2.24, 2.45) is 0 Å². The van der Waals surface area contributed by atoms with Gasteiger partial charge in [0.1, 0.15) is 0 Å². The molecule has 2 rings (SSSR count). The molecule has 1 aliphatic rings. The first-order chi connectivity index (χ1) is 9.13. The number of nitrogens with one attached hydrogen (secondary N) is 1. The molecule has 19 heavy (non-hydrogen) atoms. The standard InChI is InChI=1S/C15H20N2O2/c1-19-15(8-3-9-15)11-17-14(18)7-6-12-4-2-5-13(16)10-12/h2,4-7,10H,3,8-9,11,16H2,1H3,(H,17,18)/b7-6+. The van der Waals surface area contributed by atoms with Crippen molar-refractivity contribution in [3.63, 3.8) is 0 Å². The second-order valence-electron chi connectivity index (χ2n) is 4.96. The molecule has 1 amide bonds. The number of hydrogen-bond acceptors (Lipinski definition) is 3. The Balaban J connectivity index is 1.84. The average Bonchev–Trinajstić information content (AvgIpc) is 2.36. The van der Waals surface area contributed by atoms with E-state index in [4.69, 9.17) is 10.5 Å². The second-order valence-corrected chi connectivity index (χ2v) is 4.96. The number of nitrogens with two attached hydrogens (primary N) is 1. The predicted molar refractivity (Wildman–Crippen MR) is 76.5 cm³/mol. The van der Waals surface area contributed by atoms with Crippen LogP contribution in [-0.4, -0.2) is 25.2 Å². The molecule has 0 aromatic heterocycles. The molecule has 1 saturated carbocycles. The molecule has 0 aliphatic heterocycles. The molecule has 0 bridgehead atoms. The zero-order chi connectivity index (χ0) is 13.7. The van der Waals surface area contributed by atoms with Crippen molar-refractivity contribution in [2.45, 2.75) is 24.9 Å². The SMILES string of the molecule is COC1(CNC(=O)/C=C/c2cccc(N)c2)CCC1. The summed E-state index contributed by atoms with van der Waals surface area (Å²) in [5.41, 5.74) is 7.14. The zero-order valence-corrected chi connectivity index (χ0v) is 11.2. The number of carbonyl (C=O) groups excluding carboxylic acids is 1. The summed E-state index contributed by atoms with van der Waals surface area (Å²) >= 11 is 0. The maximum Gasteiger partial charge on any atom is 0.244 e. The molecule has 1 aromatic carbocycles. The molecule has 1 aliphatic carbocycles. The lowest BCUT2D eigenvalue weighted by molar-refractivity contribution is -0.120. The van der Waals surface area contributed by atoms with Gasteiger partial charge in [-0.15, -0.1) is 0 Å². The summed E-state index contributed by atoms with van der Waals surface area (Å²) in [6, 6.07) is 7.41. The number of nitrogen functional groups attached to an aromatic ring is 1. The molecule has 0 heterocycles. The highest BCUT2D eigenvalue weighted by atomic mass is 16.5. The first-order valence-electron chi connectivity index (χ1n) is 6.50. The Kier molecular flexibility index (Phi) is 4.22. The van der Waals surface area contributed by atoms with E-state index in [-0.39, 0.29) is 11.5 Å². The number of methoxy groups -OCH3 is 1. The third-order valence-electron chi connectivity index (χ3n) is 3.62. The van der Waals surface area contributed by atoms with Gasteiger partial charge in [0, 0.05) is 25.4 Å². The first kappa shape index (κ1) is 13.6. The lowest BCUT2D eigenvalue weighted by Gasteiger charge is -2.40. The van der Waals surface area contributed by atoms with Crippen molar-refractivity contribution in [3.05, 3.63) is 35.9 Å². The minimum absolute atomic E-state index is 0.106. The van der Waals surface area contributed by atoms with Crippen LogP contribution in [0.4, 0.5) is 5.69 Å². The molecular formula is C15H20N2O2. The van der Waals surface area contributed by atoms with Gasteiger partial charge in [0.25, 0.3) is 0 Å². The van der Waals surface area contributed by atoms with E-state index in [9.17, 15) is 4.79 Å². The summed E-state index contributed by atoms with van der Waals surface area (Å²) in [5.74, 6) is -0.106. The number of benzene rings is 1. The average molecular weight is 260 g/mol. The van der Waals surface area contributed by atoms with Gasteiger partial charge in [-0.1, -0.05) is 12.1 Å². The Morgan fingerprint density at radius 1 is 1.53 bits per heavy atom. The van der Waals surface area contributed by atoms with Crippen LogP contribution in [0.25, 0.3) is 6.08 Å². The summed E-state index contributed by atoms with van der Waals surface area (Å²) in [6.07, 6.45) is 6.48. The van der Waals surface area contributed by atoms with Gasteiger partial charge in [0.15, 0.2) is 0 Å². The summed E-state index contributed by atoms with van der Waals surface area (Å²) < 4.78 is 5.45. The smallest absolute Gasteiger partial charge is 0.244 e. The number of carbonyl (C=O) groups is 1. The minimum Gasteiger partial charge on any atom is -0.399 e. The molecule has 0 spiro atoms. The molecule has 3 N–H and O–H groups in total. The molecule has 0 saturated heterocycles. The van der Waals surface area contributed by atoms with Crippen molar-refractivity contribution >= 4 is 17.7 Å². The number of amides is 1. The van der Waals surface area contributed by atoms with E-state index in [1.165, 1.54) is 12.5 Å². The molecule has 0 atom stereocenters. The van der Waals surface area contributed by atoms with Crippen LogP contribution in [0.5, 0.6) is 0 Å². The fourth-order valence-corrected chi connectivity index (χ4v) is 2.17. The Labute approximate surface area is 113 Å². The molecule has 4 heteroatoms. The molecule has 1 fully saturated rings. The van der Waals surface area contributed by atoms with Crippen LogP contribution < -0.4 is 11.1 Å². The van der Waals surface area contributed by atoms with Crippen LogP contribution in [0.1, 0.15) is 24.8 Å². The fraction of sp³-hybridized carbons (Fsp3) is 0.400. The summed E-state index contributed by atoms with van der Waals surface area (Å²) in [5, 5.41) is 2.88. The van der Waals surface area contributed by atoms with Crippen molar-refractivity contribution in [1.82, 2.24) is 5.32 Å². The highest BCUT2D eigenvalue weighted by Gasteiger charge is 2.36.